The predicted octanol–water partition coefficient (Wildman–Crippen LogP) is 9.34. The highest BCUT2D eigenvalue weighted by Gasteiger charge is 2.20. The van der Waals surface area contributed by atoms with E-state index in [1.807, 2.05) is 6.20 Å². The molecule has 0 bridgehead atoms. The first-order chi connectivity index (χ1) is 16.4. The van der Waals surface area contributed by atoms with Crippen molar-refractivity contribution in [3.63, 3.8) is 0 Å². The van der Waals surface area contributed by atoms with Crippen molar-refractivity contribution in [3.8, 4) is 0 Å². The summed E-state index contributed by atoms with van der Waals surface area (Å²) in [4.78, 5) is 4.98. The highest BCUT2D eigenvalue weighted by Crippen LogP contribution is 2.46. The summed E-state index contributed by atoms with van der Waals surface area (Å²) < 4.78 is 0. The van der Waals surface area contributed by atoms with Crippen molar-refractivity contribution in [2.24, 2.45) is 5.41 Å². The molecular weight excluding hydrogens is 410 g/mol. The van der Waals surface area contributed by atoms with Crippen LogP contribution in [0.5, 0.6) is 0 Å². The fourth-order valence-electron chi connectivity index (χ4n) is 6.23. The normalized spacial score (nSPS) is 12.8. The van der Waals surface area contributed by atoms with Crippen molar-refractivity contribution < 1.29 is 0 Å². The number of aryl methyl sites for hydroxylation is 1. The molecule has 0 spiro atoms. The Kier molecular flexibility index (Phi) is 3.87. The van der Waals surface area contributed by atoms with Gasteiger partial charge in [-0.3, -0.25) is 4.98 Å². The molecule has 0 aliphatic heterocycles. The molecule has 0 aliphatic rings. The number of aromatic nitrogens is 1. The molecular formula is C33H27N. The predicted molar refractivity (Wildman–Crippen MR) is 148 cm³/mol. The summed E-state index contributed by atoms with van der Waals surface area (Å²) >= 11 is 0. The summed E-state index contributed by atoms with van der Waals surface area (Å²) in [6.07, 6.45) is 3.06. The molecule has 0 atom stereocenters. The van der Waals surface area contributed by atoms with Crippen molar-refractivity contribution in [1.82, 2.24) is 4.98 Å². The molecule has 0 unspecified atom stereocenters. The van der Waals surface area contributed by atoms with Gasteiger partial charge in [0.1, 0.15) is 0 Å². The second kappa shape index (κ2) is 6.67. The third kappa shape index (κ3) is 2.64. The Morgan fingerprint density at radius 2 is 1.38 bits per heavy atom. The molecule has 7 rings (SSSR count). The SMILES string of the molecule is Cc1c2ccccc2cc2c3nccc4c5ccc(CC(C)(C)C)cc5c5cccc(c12)c5c43. The summed E-state index contributed by atoms with van der Waals surface area (Å²) in [5.74, 6) is 0. The smallest absolute Gasteiger partial charge is 0.0793 e. The topological polar surface area (TPSA) is 12.9 Å². The van der Waals surface area contributed by atoms with Crippen LogP contribution in [0.4, 0.5) is 0 Å². The lowest BCUT2D eigenvalue weighted by molar-refractivity contribution is 0.411. The first kappa shape index (κ1) is 19.7. The van der Waals surface area contributed by atoms with E-state index >= 15 is 0 Å². The minimum atomic E-state index is 0.255. The molecule has 7 aromatic rings. The van der Waals surface area contributed by atoms with Crippen LogP contribution in [-0.2, 0) is 6.42 Å². The number of nitrogens with zero attached hydrogens (tertiary/aromatic N) is 1. The van der Waals surface area contributed by atoms with Crippen molar-refractivity contribution in [1.29, 1.82) is 0 Å². The van der Waals surface area contributed by atoms with E-state index in [0.717, 1.165) is 11.9 Å². The monoisotopic (exact) mass is 437 g/mol. The Hall–Kier alpha value is -3.71. The Morgan fingerprint density at radius 3 is 2.24 bits per heavy atom. The molecule has 0 aliphatic carbocycles. The highest BCUT2D eigenvalue weighted by atomic mass is 14.7. The lowest BCUT2D eigenvalue weighted by Crippen LogP contribution is -2.08. The summed E-state index contributed by atoms with van der Waals surface area (Å²) in [7, 11) is 0. The first-order valence-corrected chi connectivity index (χ1v) is 12.2. The molecule has 0 fully saturated rings. The minimum absolute atomic E-state index is 0.255. The van der Waals surface area contributed by atoms with Crippen LogP contribution in [0.1, 0.15) is 31.9 Å². The zero-order chi connectivity index (χ0) is 23.2. The Bertz CT molecular complexity index is 1920. The molecule has 0 amide bonds. The summed E-state index contributed by atoms with van der Waals surface area (Å²) in [6, 6.07) is 27.2. The fraction of sp³-hybridized carbons (Fsp3) is 0.182. The average Bonchev–Trinajstić information content (AvgIpc) is 2.82. The molecule has 34 heavy (non-hydrogen) atoms. The quantitative estimate of drug-likeness (QED) is 0.184. The van der Waals surface area contributed by atoms with Gasteiger partial charge in [-0.1, -0.05) is 81.4 Å². The largest absolute Gasteiger partial charge is 0.256 e. The zero-order valence-electron chi connectivity index (χ0n) is 20.2. The lowest BCUT2D eigenvalue weighted by atomic mass is 9.84. The number of hydrogen-bond donors (Lipinski definition) is 0. The van der Waals surface area contributed by atoms with Gasteiger partial charge in [0.05, 0.1) is 5.52 Å². The van der Waals surface area contributed by atoms with Crippen molar-refractivity contribution >= 4 is 64.8 Å². The van der Waals surface area contributed by atoms with Gasteiger partial charge in [0.15, 0.2) is 0 Å². The molecule has 1 heteroatoms. The van der Waals surface area contributed by atoms with Gasteiger partial charge in [-0.25, -0.2) is 0 Å². The minimum Gasteiger partial charge on any atom is -0.256 e. The van der Waals surface area contributed by atoms with Gasteiger partial charge in [0.2, 0.25) is 0 Å². The third-order valence-corrected chi connectivity index (χ3v) is 7.50. The van der Waals surface area contributed by atoms with Gasteiger partial charge in [0.25, 0.3) is 0 Å². The first-order valence-electron chi connectivity index (χ1n) is 12.2. The van der Waals surface area contributed by atoms with Crippen molar-refractivity contribution in [2.75, 3.05) is 0 Å². The number of benzene rings is 6. The maximum Gasteiger partial charge on any atom is 0.0793 e. The molecule has 0 radical (unpaired) electrons. The van der Waals surface area contributed by atoms with Crippen LogP contribution < -0.4 is 0 Å². The highest BCUT2D eigenvalue weighted by molar-refractivity contribution is 6.40. The van der Waals surface area contributed by atoms with E-state index in [-0.39, 0.29) is 5.41 Å². The van der Waals surface area contributed by atoms with Gasteiger partial charge in [-0.05, 0) is 85.1 Å². The molecule has 0 saturated heterocycles. The van der Waals surface area contributed by atoms with Gasteiger partial charge in [-0.15, -0.1) is 0 Å². The summed E-state index contributed by atoms with van der Waals surface area (Å²) in [6.45, 7) is 9.21. The van der Waals surface area contributed by atoms with Gasteiger partial charge in [0, 0.05) is 22.4 Å². The molecule has 0 N–H and O–H groups in total. The number of pyridine rings is 1. The van der Waals surface area contributed by atoms with Gasteiger partial charge >= 0.3 is 0 Å². The van der Waals surface area contributed by atoms with Crippen molar-refractivity contribution in [2.45, 2.75) is 34.1 Å². The second-order valence-corrected chi connectivity index (χ2v) is 11.1. The van der Waals surface area contributed by atoms with Crippen LogP contribution in [0.3, 0.4) is 0 Å². The van der Waals surface area contributed by atoms with E-state index in [1.54, 1.807) is 0 Å². The van der Waals surface area contributed by atoms with E-state index < -0.39 is 0 Å². The van der Waals surface area contributed by atoms with Crippen LogP contribution in [0, 0.1) is 12.3 Å². The van der Waals surface area contributed by atoms with E-state index in [2.05, 4.69) is 100 Å². The maximum absolute atomic E-state index is 4.98. The summed E-state index contributed by atoms with van der Waals surface area (Å²) in [5.41, 5.74) is 4.11. The van der Waals surface area contributed by atoms with E-state index in [0.29, 0.717) is 0 Å². The van der Waals surface area contributed by atoms with Crippen LogP contribution >= 0.6 is 0 Å². The van der Waals surface area contributed by atoms with E-state index in [9.17, 15) is 0 Å². The van der Waals surface area contributed by atoms with Crippen LogP contribution in [0.25, 0.3) is 64.8 Å². The molecule has 1 nitrogen and oxygen atoms in total. The van der Waals surface area contributed by atoms with E-state index in [4.69, 9.17) is 4.98 Å². The number of fused-ring (bicyclic) bond motifs is 7. The van der Waals surface area contributed by atoms with Gasteiger partial charge < -0.3 is 0 Å². The molecule has 0 saturated carbocycles. The van der Waals surface area contributed by atoms with E-state index in [1.165, 1.54) is 70.4 Å². The Labute approximate surface area is 199 Å². The molecule has 1 heterocycles. The Morgan fingerprint density at radius 1 is 0.618 bits per heavy atom. The Balaban J connectivity index is 1.76. The standard InChI is InChI=1S/C33H27N/c1-19-22-9-6-5-8-21(22)17-28-29(19)26-11-7-10-24-27-16-20(18-33(2,3)4)12-13-23(27)25-14-15-34-32(28)31(25)30(24)26/h5-17H,18H2,1-4H3. The summed E-state index contributed by atoms with van der Waals surface area (Å²) in [5, 5.41) is 14.5. The van der Waals surface area contributed by atoms with Crippen LogP contribution in [0.2, 0.25) is 0 Å². The fourth-order valence-corrected chi connectivity index (χ4v) is 6.23. The second-order valence-electron chi connectivity index (χ2n) is 11.1. The van der Waals surface area contributed by atoms with Crippen LogP contribution in [0.15, 0.2) is 79.0 Å². The number of hydrogen-bond acceptors (Lipinski definition) is 1. The molecule has 164 valence electrons. The zero-order valence-corrected chi connectivity index (χ0v) is 20.2. The molecule has 6 aromatic carbocycles. The average molecular weight is 438 g/mol. The lowest BCUT2D eigenvalue weighted by Gasteiger charge is -2.21. The maximum atomic E-state index is 4.98. The number of rotatable bonds is 1. The molecule has 1 aromatic heterocycles. The van der Waals surface area contributed by atoms with Crippen LogP contribution in [-0.4, -0.2) is 4.98 Å². The van der Waals surface area contributed by atoms with Crippen molar-refractivity contribution in [3.05, 3.63) is 90.1 Å². The third-order valence-electron chi connectivity index (χ3n) is 7.50. The van der Waals surface area contributed by atoms with Gasteiger partial charge in [-0.2, -0.15) is 0 Å².